The first kappa shape index (κ1) is 23.7. The van der Waals surface area contributed by atoms with Gasteiger partial charge in [-0.1, -0.05) is 35.3 Å². The van der Waals surface area contributed by atoms with E-state index in [0.29, 0.717) is 6.07 Å². The van der Waals surface area contributed by atoms with Gasteiger partial charge in [0.15, 0.2) is 5.71 Å². The average molecular weight is 469 g/mol. The van der Waals surface area contributed by atoms with Gasteiger partial charge >= 0.3 is 18.1 Å². The van der Waals surface area contributed by atoms with Crippen LogP contribution in [0.2, 0.25) is 10.0 Å². The maximum atomic E-state index is 13.2. The van der Waals surface area contributed by atoms with Crippen LogP contribution < -0.4 is 5.01 Å². The van der Waals surface area contributed by atoms with E-state index in [4.69, 9.17) is 33.6 Å². The normalized spacial score (nSPS) is 11.4. The van der Waals surface area contributed by atoms with Crippen LogP contribution in [0.5, 0.6) is 0 Å². The number of carboxylic acid groups (broad SMARTS) is 1. The monoisotopic (exact) mass is 468 g/mol. The molecule has 0 aromatic heterocycles. The van der Waals surface area contributed by atoms with Gasteiger partial charge in [0, 0.05) is 5.56 Å². The molecule has 0 spiro atoms. The Morgan fingerprint density at radius 3 is 2.19 bits per heavy atom. The van der Waals surface area contributed by atoms with Crippen molar-refractivity contribution in [2.45, 2.75) is 13.1 Å². The summed E-state index contributed by atoms with van der Waals surface area (Å²) in [5.74, 6) is -3.74. The molecule has 0 saturated carbocycles. The molecule has 0 bridgehead atoms. The Balaban J connectivity index is 2.76. The summed E-state index contributed by atoms with van der Waals surface area (Å²) in [4.78, 5) is 23.5. The molecule has 0 aliphatic rings. The van der Waals surface area contributed by atoms with Crippen molar-refractivity contribution >= 4 is 46.5 Å². The molecule has 0 radical (unpaired) electrons. The van der Waals surface area contributed by atoms with Gasteiger partial charge in [-0.15, -0.1) is 0 Å². The van der Waals surface area contributed by atoms with Crippen LogP contribution in [-0.2, 0) is 15.8 Å². The zero-order valence-electron chi connectivity index (χ0n) is 15.3. The van der Waals surface area contributed by atoms with Gasteiger partial charge in [0.25, 0.3) is 0 Å². The van der Waals surface area contributed by atoms with E-state index in [-0.39, 0.29) is 16.1 Å². The molecule has 2 aromatic carbocycles. The number of halogens is 5. The van der Waals surface area contributed by atoms with E-state index in [0.717, 1.165) is 6.92 Å². The molecule has 1 N–H and O–H groups in total. The van der Waals surface area contributed by atoms with Crippen molar-refractivity contribution in [2.24, 2.45) is 5.10 Å². The van der Waals surface area contributed by atoms with E-state index >= 15 is 0 Å². The van der Waals surface area contributed by atoms with Gasteiger partial charge in [-0.25, -0.2) is 4.79 Å². The van der Waals surface area contributed by atoms with Crippen LogP contribution in [0.15, 0.2) is 35.4 Å². The smallest absolute Gasteiger partial charge is 0.416 e. The van der Waals surface area contributed by atoms with Crippen LogP contribution in [0.3, 0.4) is 0 Å². The van der Waals surface area contributed by atoms with Gasteiger partial charge in [0.1, 0.15) is 11.8 Å². The lowest BCUT2D eigenvalue weighted by atomic mass is 10.1. The molecule has 0 fully saturated rings. The van der Waals surface area contributed by atoms with Crippen molar-refractivity contribution in [3.8, 4) is 12.1 Å². The third kappa shape index (κ3) is 4.94. The van der Waals surface area contributed by atoms with Crippen molar-refractivity contribution in [2.75, 3.05) is 5.01 Å². The molecule has 12 heteroatoms. The number of hydrogen-bond donors (Lipinski definition) is 1. The minimum Gasteiger partial charge on any atom is -0.474 e. The summed E-state index contributed by atoms with van der Waals surface area (Å²) in [5.41, 5.74) is -2.48. The van der Waals surface area contributed by atoms with Crippen LogP contribution in [-0.4, -0.2) is 22.7 Å². The lowest BCUT2D eigenvalue weighted by Crippen LogP contribution is -2.34. The summed E-state index contributed by atoms with van der Waals surface area (Å²) in [5, 5.41) is 29.9. The topological polar surface area (TPSA) is 118 Å². The van der Waals surface area contributed by atoms with Crippen molar-refractivity contribution in [3.63, 3.8) is 0 Å². The first-order valence-corrected chi connectivity index (χ1v) is 8.80. The van der Waals surface area contributed by atoms with E-state index in [2.05, 4.69) is 5.10 Å². The number of hydrazone groups is 1. The quantitative estimate of drug-likeness (QED) is 0.403. The fourth-order valence-electron chi connectivity index (χ4n) is 2.43. The summed E-state index contributed by atoms with van der Waals surface area (Å²) in [6.45, 7) is 1.00. The second kappa shape index (κ2) is 9.04. The largest absolute Gasteiger partial charge is 0.474 e. The minimum atomic E-state index is -4.82. The molecule has 31 heavy (non-hydrogen) atoms. The van der Waals surface area contributed by atoms with E-state index in [9.17, 15) is 28.0 Å². The molecule has 0 saturated heterocycles. The van der Waals surface area contributed by atoms with Gasteiger partial charge in [0.2, 0.25) is 0 Å². The molecular weight excluding hydrogens is 460 g/mol. The number of nitrogens with zero attached hydrogens (tertiary/aromatic N) is 4. The molecular formula is C19H9Cl2F3N4O3. The number of anilines is 1. The predicted octanol–water partition coefficient (Wildman–Crippen LogP) is 4.54. The summed E-state index contributed by atoms with van der Waals surface area (Å²) < 4.78 is 39.6. The number of benzene rings is 2. The standard InChI is InChI=1S/C19H9Cl2F3N4O3/c1-9-12(19(22,23)24)6-13(20)16(15(9)21)28(17(29)18(30)31)27-14(8-26)11-4-2-10(7-25)3-5-11/h2-6H,1H3,(H,30,31). The highest BCUT2D eigenvalue weighted by Crippen LogP contribution is 2.43. The Hall–Kier alpha value is -3.60. The van der Waals surface area contributed by atoms with E-state index in [1.165, 1.54) is 24.3 Å². The third-order valence-electron chi connectivity index (χ3n) is 3.92. The maximum Gasteiger partial charge on any atom is 0.416 e. The van der Waals surface area contributed by atoms with Crippen LogP contribution in [0.1, 0.15) is 22.3 Å². The number of carboxylic acids is 1. The number of hydrogen-bond acceptors (Lipinski definition) is 5. The molecule has 1 amide bonds. The first-order chi connectivity index (χ1) is 14.4. The van der Waals surface area contributed by atoms with Crippen molar-refractivity contribution in [1.29, 1.82) is 10.5 Å². The summed E-state index contributed by atoms with van der Waals surface area (Å²) in [6, 6.07) is 9.29. The van der Waals surface area contributed by atoms with Crippen LogP contribution in [0, 0.1) is 29.6 Å². The van der Waals surface area contributed by atoms with Gasteiger partial charge in [-0.2, -0.15) is 33.8 Å². The molecule has 0 unspecified atom stereocenters. The number of aliphatic carboxylic acids is 1. The highest BCUT2D eigenvalue weighted by atomic mass is 35.5. The zero-order chi connectivity index (χ0) is 23.5. The second-order valence-electron chi connectivity index (χ2n) is 5.86. The predicted molar refractivity (Wildman–Crippen MR) is 105 cm³/mol. The van der Waals surface area contributed by atoms with Crippen molar-refractivity contribution in [3.05, 3.63) is 62.6 Å². The van der Waals surface area contributed by atoms with Crippen LogP contribution in [0.4, 0.5) is 18.9 Å². The molecule has 0 aliphatic carbocycles. The zero-order valence-corrected chi connectivity index (χ0v) is 16.8. The highest BCUT2D eigenvalue weighted by Gasteiger charge is 2.37. The number of carbonyl (C=O) groups excluding carboxylic acids is 1. The Bertz CT molecular complexity index is 1180. The van der Waals surface area contributed by atoms with Crippen LogP contribution >= 0.6 is 23.2 Å². The molecule has 0 atom stereocenters. The number of alkyl halides is 3. The van der Waals surface area contributed by atoms with Gasteiger partial charge < -0.3 is 5.11 Å². The van der Waals surface area contributed by atoms with Gasteiger partial charge in [-0.05, 0) is 30.7 Å². The fraction of sp³-hybridized carbons (Fsp3) is 0.105. The van der Waals surface area contributed by atoms with E-state index < -0.39 is 50.6 Å². The second-order valence-corrected chi connectivity index (χ2v) is 6.65. The Kier molecular flexibility index (Phi) is 6.91. The first-order valence-electron chi connectivity index (χ1n) is 8.04. The summed E-state index contributed by atoms with van der Waals surface area (Å²) in [7, 11) is 0. The van der Waals surface area contributed by atoms with Crippen molar-refractivity contribution < 1.29 is 27.9 Å². The maximum absolute atomic E-state index is 13.2. The third-order valence-corrected chi connectivity index (χ3v) is 4.67. The number of nitriles is 2. The fourth-order valence-corrected chi connectivity index (χ4v) is 3.04. The number of rotatable bonds is 3. The SMILES string of the molecule is Cc1c(C(F)(F)F)cc(Cl)c(N(N=C(C#N)c2ccc(C#N)cc2)C(=O)C(=O)O)c1Cl. The molecule has 2 rings (SSSR count). The summed E-state index contributed by atoms with van der Waals surface area (Å²) >= 11 is 11.9. The van der Waals surface area contributed by atoms with Crippen LogP contribution in [0.25, 0.3) is 0 Å². The molecule has 0 heterocycles. The Labute approximate surface area is 183 Å². The minimum absolute atomic E-state index is 0.0977. The van der Waals surface area contributed by atoms with E-state index in [1.54, 1.807) is 6.07 Å². The molecule has 2 aromatic rings. The summed E-state index contributed by atoms with van der Waals surface area (Å²) in [6.07, 6.45) is -4.82. The molecule has 0 aliphatic heterocycles. The molecule has 7 nitrogen and oxygen atoms in total. The van der Waals surface area contributed by atoms with Gasteiger partial charge in [-0.3, -0.25) is 4.79 Å². The Morgan fingerprint density at radius 2 is 1.74 bits per heavy atom. The lowest BCUT2D eigenvalue weighted by molar-refractivity contribution is -0.148. The lowest BCUT2D eigenvalue weighted by Gasteiger charge is -2.22. The van der Waals surface area contributed by atoms with E-state index in [1.807, 2.05) is 6.07 Å². The number of carbonyl (C=O) groups is 2. The molecule has 158 valence electrons. The van der Waals surface area contributed by atoms with Crippen molar-refractivity contribution in [1.82, 2.24) is 0 Å². The highest BCUT2D eigenvalue weighted by molar-refractivity contribution is 6.44. The average Bonchev–Trinajstić information content (AvgIpc) is 2.71. The van der Waals surface area contributed by atoms with Gasteiger partial charge in [0.05, 0.1) is 27.2 Å². The number of amides is 1. The Morgan fingerprint density at radius 1 is 1.16 bits per heavy atom.